The number of nitrogens with one attached hydrogen (secondary N) is 1. The van der Waals surface area contributed by atoms with Crippen molar-refractivity contribution in [1.29, 1.82) is 0 Å². The highest BCUT2D eigenvalue weighted by Crippen LogP contribution is 2.33. The Balaban J connectivity index is 2.13. The van der Waals surface area contributed by atoms with Crippen LogP contribution in [-0.4, -0.2) is 21.7 Å². The largest absolute Gasteiger partial charge is 0.507 e. The van der Waals surface area contributed by atoms with Gasteiger partial charge in [-0.2, -0.15) is 0 Å². The Labute approximate surface area is 136 Å². The van der Waals surface area contributed by atoms with E-state index in [0.29, 0.717) is 11.1 Å². The van der Waals surface area contributed by atoms with Gasteiger partial charge in [-0.05, 0) is 5.56 Å². The molecule has 0 radical (unpaired) electrons. The van der Waals surface area contributed by atoms with Gasteiger partial charge in [0.1, 0.15) is 5.76 Å². The second kappa shape index (κ2) is 5.96. The molecule has 0 aliphatic carbocycles. The molecule has 2 aromatic rings. The Hall–Kier alpha value is -3.48. The quantitative estimate of drug-likeness (QED) is 0.296. The number of hydrogen-bond donors (Lipinski definition) is 2. The molecule has 2 N–H and O–H groups in total. The number of nitro groups is 1. The van der Waals surface area contributed by atoms with Gasteiger partial charge in [0, 0.05) is 17.7 Å². The first-order valence-electron chi connectivity index (χ1n) is 7.07. The van der Waals surface area contributed by atoms with Gasteiger partial charge in [-0.15, -0.1) is 0 Å². The van der Waals surface area contributed by atoms with Crippen molar-refractivity contribution in [3.8, 4) is 0 Å². The molecule has 7 heteroatoms. The van der Waals surface area contributed by atoms with Crippen LogP contribution in [0, 0.1) is 10.1 Å². The summed E-state index contributed by atoms with van der Waals surface area (Å²) in [5.41, 5.74) is 0.444. The highest BCUT2D eigenvalue weighted by molar-refractivity contribution is 6.46. The molecule has 7 nitrogen and oxygen atoms in total. The molecule has 2 aromatic carbocycles. The maximum Gasteiger partial charge on any atom is 0.293 e. The van der Waals surface area contributed by atoms with Crippen molar-refractivity contribution in [2.24, 2.45) is 0 Å². The molecule has 24 heavy (non-hydrogen) atoms. The van der Waals surface area contributed by atoms with Crippen molar-refractivity contribution in [2.75, 3.05) is 0 Å². The monoisotopic (exact) mass is 324 g/mol. The summed E-state index contributed by atoms with van der Waals surface area (Å²) < 4.78 is 0. The van der Waals surface area contributed by atoms with Crippen molar-refractivity contribution in [3.05, 3.63) is 81.4 Å². The van der Waals surface area contributed by atoms with E-state index in [-0.39, 0.29) is 17.0 Å². The Bertz CT molecular complexity index is 874. The molecule has 0 spiro atoms. The molecule has 1 heterocycles. The van der Waals surface area contributed by atoms with Crippen molar-refractivity contribution in [3.63, 3.8) is 0 Å². The number of rotatable bonds is 3. The number of Topliss-reactive ketones (excluding diaryl/α,β-unsaturated/α-hetero) is 1. The lowest BCUT2D eigenvalue weighted by molar-refractivity contribution is -0.384. The zero-order valence-electron chi connectivity index (χ0n) is 12.3. The smallest absolute Gasteiger partial charge is 0.293 e. The molecule has 1 amide bonds. The van der Waals surface area contributed by atoms with Crippen LogP contribution in [0.4, 0.5) is 5.69 Å². The Morgan fingerprint density at radius 1 is 1.08 bits per heavy atom. The molecular weight excluding hydrogens is 312 g/mol. The highest BCUT2D eigenvalue weighted by atomic mass is 16.6. The molecular formula is C17H12N2O5. The third-order valence-corrected chi connectivity index (χ3v) is 3.73. The van der Waals surface area contributed by atoms with Gasteiger partial charge in [-0.1, -0.05) is 42.5 Å². The Kier molecular flexibility index (Phi) is 3.83. The number of hydrogen-bond acceptors (Lipinski definition) is 5. The second-order valence-corrected chi connectivity index (χ2v) is 5.22. The van der Waals surface area contributed by atoms with Crippen LogP contribution >= 0.6 is 0 Å². The van der Waals surface area contributed by atoms with Crippen LogP contribution in [0.1, 0.15) is 17.2 Å². The van der Waals surface area contributed by atoms with Gasteiger partial charge in [-0.3, -0.25) is 19.7 Å². The van der Waals surface area contributed by atoms with Gasteiger partial charge in [0.05, 0.1) is 16.5 Å². The summed E-state index contributed by atoms with van der Waals surface area (Å²) in [6, 6.07) is 13.0. The number of amides is 1. The van der Waals surface area contributed by atoms with Gasteiger partial charge in [0.15, 0.2) is 0 Å². The van der Waals surface area contributed by atoms with E-state index in [4.69, 9.17) is 0 Å². The van der Waals surface area contributed by atoms with E-state index in [1.807, 2.05) is 0 Å². The standard InChI is InChI=1S/C17H12N2O5/c20-15(10-5-2-1-3-6-10)13-14(18-17(22)16(13)21)11-7-4-8-12(9-11)19(23)24/h1-9,14,20H,(H,18,22)/b15-13-. The van der Waals surface area contributed by atoms with Crippen molar-refractivity contribution >= 4 is 23.1 Å². The summed E-state index contributed by atoms with van der Waals surface area (Å²) in [7, 11) is 0. The van der Waals surface area contributed by atoms with Crippen LogP contribution in [0.3, 0.4) is 0 Å². The van der Waals surface area contributed by atoms with Crippen LogP contribution in [0.5, 0.6) is 0 Å². The normalized spacial score (nSPS) is 19.1. The molecule has 1 atom stereocenters. The minimum atomic E-state index is -0.940. The Morgan fingerprint density at radius 2 is 1.79 bits per heavy atom. The fraction of sp³-hybridized carbons (Fsp3) is 0.0588. The summed E-state index contributed by atoms with van der Waals surface area (Å²) in [6.45, 7) is 0. The lowest BCUT2D eigenvalue weighted by Gasteiger charge is -2.13. The average Bonchev–Trinajstić information content (AvgIpc) is 2.90. The van der Waals surface area contributed by atoms with Gasteiger partial charge in [-0.25, -0.2) is 0 Å². The minimum absolute atomic E-state index is 0.119. The zero-order valence-corrected chi connectivity index (χ0v) is 12.3. The number of benzene rings is 2. The molecule has 0 aromatic heterocycles. The zero-order chi connectivity index (χ0) is 17.3. The molecule has 1 saturated heterocycles. The SMILES string of the molecule is O=C1NC(c2cccc([N+](=O)[O-])c2)/C(=C(/O)c2ccccc2)C1=O. The van der Waals surface area contributed by atoms with Crippen LogP contribution in [0.2, 0.25) is 0 Å². The van der Waals surface area contributed by atoms with Crippen LogP contribution in [0.15, 0.2) is 60.2 Å². The number of ketones is 1. The molecule has 0 saturated carbocycles. The number of carbonyl (C=O) groups is 2. The first kappa shape index (κ1) is 15.4. The van der Waals surface area contributed by atoms with Gasteiger partial charge in [0.2, 0.25) is 0 Å². The van der Waals surface area contributed by atoms with Crippen molar-refractivity contribution in [2.45, 2.75) is 6.04 Å². The Morgan fingerprint density at radius 3 is 2.46 bits per heavy atom. The van der Waals surface area contributed by atoms with Crippen LogP contribution in [0.25, 0.3) is 5.76 Å². The summed E-state index contributed by atoms with van der Waals surface area (Å²) in [6.07, 6.45) is 0. The maximum atomic E-state index is 12.2. The van der Waals surface area contributed by atoms with Crippen molar-refractivity contribution in [1.82, 2.24) is 5.32 Å². The lowest BCUT2D eigenvalue weighted by Crippen LogP contribution is -2.21. The van der Waals surface area contributed by atoms with E-state index in [1.165, 1.54) is 18.2 Å². The van der Waals surface area contributed by atoms with Gasteiger partial charge < -0.3 is 10.4 Å². The number of nitro benzene ring substituents is 1. The predicted molar refractivity (Wildman–Crippen MR) is 85.0 cm³/mol. The molecule has 1 fully saturated rings. The minimum Gasteiger partial charge on any atom is -0.507 e. The van der Waals surface area contributed by atoms with E-state index in [2.05, 4.69) is 5.32 Å². The number of non-ortho nitro benzene ring substituents is 1. The molecule has 1 aliphatic rings. The van der Waals surface area contributed by atoms with E-state index in [9.17, 15) is 24.8 Å². The third-order valence-electron chi connectivity index (χ3n) is 3.73. The molecule has 0 bridgehead atoms. The predicted octanol–water partition coefficient (Wildman–Crippen LogP) is 2.30. The first-order chi connectivity index (χ1) is 11.5. The van der Waals surface area contributed by atoms with Gasteiger partial charge in [0.25, 0.3) is 17.4 Å². The van der Waals surface area contributed by atoms with Crippen molar-refractivity contribution < 1.29 is 19.6 Å². The topological polar surface area (TPSA) is 110 Å². The molecule has 3 rings (SSSR count). The number of aliphatic hydroxyl groups excluding tert-OH is 1. The van der Waals surface area contributed by atoms with Crippen LogP contribution in [-0.2, 0) is 9.59 Å². The summed E-state index contributed by atoms with van der Waals surface area (Å²) >= 11 is 0. The lowest BCUT2D eigenvalue weighted by atomic mass is 9.95. The molecule has 1 unspecified atom stereocenters. The third kappa shape index (κ3) is 2.63. The fourth-order valence-corrected chi connectivity index (χ4v) is 2.59. The number of carbonyl (C=O) groups excluding carboxylic acids is 2. The fourth-order valence-electron chi connectivity index (χ4n) is 2.59. The van der Waals surface area contributed by atoms with E-state index in [1.54, 1.807) is 36.4 Å². The molecule has 1 aliphatic heterocycles. The number of nitrogens with zero attached hydrogens (tertiary/aromatic N) is 1. The second-order valence-electron chi connectivity index (χ2n) is 5.22. The van der Waals surface area contributed by atoms with Gasteiger partial charge >= 0.3 is 0 Å². The number of aliphatic hydroxyl groups is 1. The maximum absolute atomic E-state index is 12.2. The first-order valence-corrected chi connectivity index (χ1v) is 7.07. The molecule has 120 valence electrons. The van der Waals surface area contributed by atoms with E-state index in [0.717, 1.165) is 0 Å². The highest BCUT2D eigenvalue weighted by Gasteiger charge is 2.39. The summed E-state index contributed by atoms with van der Waals surface area (Å²) in [4.78, 5) is 34.3. The summed E-state index contributed by atoms with van der Waals surface area (Å²) in [5.74, 6) is -2.03. The average molecular weight is 324 g/mol. The van der Waals surface area contributed by atoms with Crippen LogP contribution < -0.4 is 5.32 Å². The van der Waals surface area contributed by atoms with E-state index < -0.39 is 22.7 Å². The summed E-state index contributed by atoms with van der Waals surface area (Å²) in [5, 5.41) is 23.8. The van der Waals surface area contributed by atoms with E-state index >= 15 is 0 Å².